The Balaban J connectivity index is 2.92. The number of hydrogen-bond acceptors (Lipinski definition) is 3. The SMILES string of the molecule is Cn1c(CCl)nc2cccnc2c1=O. The van der Waals surface area contributed by atoms with Gasteiger partial charge < -0.3 is 0 Å². The predicted molar refractivity (Wildman–Crippen MR) is 54.3 cm³/mol. The van der Waals surface area contributed by atoms with Gasteiger partial charge in [0.25, 0.3) is 5.56 Å². The van der Waals surface area contributed by atoms with Crippen LogP contribution in [0, 0.1) is 0 Å². The van der Waals surface area contributed by atoms with E-state index in [1.165, 1.54) is 4.57 Å². The lowest BCUT2D eigenvalue weighted by Crippen LogP contribution is -2.22. The van der Waals surface area contributed by atoms with Crippen LogP contribution in [0.15, 0.2) is 23.1 Å². The van der Waals surface area contributed by atoms with Gasteiger partial charge in [-0.25, -0.2) is 9.97 Å². The summed E-state index contributed by atoms with van der Waals surface area (Å²) >= 11 is 5.66. The average molecular weight is 210 g/mol. The summed E-state index contributed by atoms with van der Waals surface area (Å²) in [6.45, 7) is 0. The van der Waals surface area contributed by atoms with Crippen LogP contribution in [-0.4, -0.2) is 14.5 Å². The Labute approximate surface area is 85.2 Å². The highest BCUT2D eigenvalue weighted by Gasteiger charge is 2.06. The van der Waals surface area contributed by atoms with Crippen LogP contribution in [0.5, 0.6) is 0 Å². The van der Waals surface area contributed by atoms with Crippen molar-refractivity contribution in [1.29, 1.82) is 0 Å². The van der Waals surface area contributed by atoms with Gasteiger partial charge in [-0.05, 0) is 12.1 Å². The highest BCUT2D eigenvalue weighted by Crippen LogP contribution is 2.05. The third-order valence-electron chi connectivity index (χ3n) is 2.05. The lowest BCUT2D eigenvalue weighted by atomic mass is 10.3. The first-order valence-electron chi connectivity index (χ1n) is 4.10. The predicted octanol–water partition coefficient (Wildman–Crippen LogP) is 1.07. The van der Waals surface area contributed by atoms with E-state index < -0.39 is 0 Å². The van der Waals surface area contributed by atoms with E-state index in [1.807, 2.05) is 0 Å². The number of fused-ring (bicyclic) bond motifs is 1. The summed E-state index contributed by atoms with van der Waals surface area (Å²) in [5, 5.41) is 0. The molecule has 5 heteroatoms. The van der Waals surface area contributed by atoms with Gasteiger partial charge in [0, 0.05) is 13.2 Å². The van der Waals surface area contributed by atoms with Gasteiger partial charge >= 0.3 is 0 Å². The second kappa shape index (κ2) is 3.38. The van der Waals surface area contributed by atoms with E-state index in [2.05, 4.69) is 9.97 Å². The van der Waals surface area contributed by atoms with Crippen LogP contribution in [0.25, 0.3) is 11.0 Å². The molecule has 2 rings (SSSR count). The Morgan fingerprint density at radius 3 is 3.07 bits per heavy atom. The van der Waals surface area contributed by atoms with Gasteiger partial charge in [0.15, 0.2) is 5.52 Å². The van der Waals surface area contributed by atoms with E-state index in [9.17, 15) is 4.79 Å². The van der Waals surface area contributed by atoms with Crippen LogP contribution in [0.1, 0.15) is 5.82 Å². The van der Waals surface area contributed by atoms with Gasteiger partial charge in [-0.3, -0.25) is 9.36 Å². The van der Waals surface area contributed by atoms with Gasteiger partial charge in [0.1, 0.15) is 5.82 Å². The molecule has 0 N–H and O–H groups in total. The molecule has 0 aromatic carbocycles. The van der Waals surface area contributed by atoms with Crippen LogP contribution >= 0.6 is 11.6 Å². The molecule has 0 fully saturated rings. The molecule has 0 atom stereocenters. The van der Waals surface area contributed by atoms with E-state index >= 15 is 0 Å². The van der Waals surface area contributed by atoms with Crippen molar-refractivity contribution in [2.45, 2.75) is 5.88 Å². The number of rotatable bonds is 1. The number of pyridine rings is 1. The highest BCUT2D eigenvalue weighted by molar-refractivity contribution is 6.16. The zero-order valence-electron chi connectivity index (χ0n) is 7.57. The second-order valence-corrected chi connectivity index (χ2v) is 3.16. The molecule has 0 aliphatic rings. The van der Waals surface area contributed by atoms with E-state index in [4.69, 9.17) is 11.6 Å². The molecule has 0 unspecified atom stereocenters. The zero-order valence-corrected chi connectivity index (χ0v) is 8.32. The molecule has 4 nitrogen and oxygen atoms in total. The van der Waals surface area contributed by atoms with Crippen molar-refractivity contribution in [2.75, 3.05) is 0 Å². The second-order valence-electron chi connectivity index (χ2n) is 2.90. The molecule has 0 saturated carbocycles. The third kappa shape index (κ3) is 1.28. The minimum absolute atomic E-state index is 0.161. The molecule has 2 aromatic heterocycles. The first-order valence-corrected chi connectivity index (χ1v) is 4.64. The van der Waals surface area contributed by atoms with Gasteiger partial charge in [-0.15, -0.1) is 11.6 Å². The van der Waals surface area contributed by atoms with E-state index in [0.29, 0.717) is 16.9 Å². The van der Waals surface area contributed by atoms with Crippen molar-refractivity contribution in [3.63, 3.8) is 0 Å². The Hall–Kier alpha value is -1.42. The average Bonchev–Trinajstić information content (AvgIpc) is 2.23. The molecular weight excluding hydrogens is 202 g/mol. The molecule has 0 spiro atoms. The zero-order chi connectivity index (χ0) is 10.1. The van der Waals surface area contributed by atoms with Crippen molar-refractivity contribution >= 4 is 22.6 Å². The molecule has 0 aliphatic carbocycles. The largest absolute Gasteiger partial charge is 0.297 e. The summed E-state index contributed by atoms with van der Waals surface area (Å²) in [4.78, 5) is 19.9. The lowest BCUT2D eigenvalue weighted by molar-refractivity contribution is 0.780. The molecule has 72 valence electrons. The van der Waals surface area contributed by atoms with Crippen molar-refractivity contribution in [3.05, 3.63) is 34.5 Å². The molecular formula is C9H8ClN3O. The van der Waals surface area contributed by atoms with Crippen molar-refractivity contribution in [3.8, 4) is 0 Å². The minimum atomic E-state index is -0.161. The fourth-order valence-electron chi connectivity index (χ4n) is 1.26. The topological polar surface area (TPSA) is 47.8 Å². The van der Waals surface area contributed by atoms with Crippen LogP contribution in [0.3, 0.4) is 0 Å². The number of nitrogens with zero attached hydrogens (tertiary/aromatic N) is 3. The normalized spacial score (nSPS) is 10.7. The molecule has 0 radical (unpaired) electrons. The molecule has 0 amide bonds. The van der Waals surface area contributed by atoms with E-state index in [1.54, 1.807) is 25.4 Å². The van der Waals surface area contributed by atoms with Crippen LogP contribution in [-0.2, 0) is 12.9 Å². The molecule has 0 bridgehead atoms. The minimum Gasteiger partial charge on any atom is -0.297 e. The number of halogens is 1. The van der Waals surface area contributed by atoms with Crippen molar-refractivity contribution in [1.82, 2.24) is 14.5 Å². The van der Waals surface area contributed by atoms with E-state index in [-0.39, 0.29) is 11.4 Å². The van der Waals surface area contributed by atoms with Crippen LogP contribution in [0.4, 0.5) is 0 Å². The molecule has 0 saturated heterocycles. The molecule has 14 heavy (non-hydrogen) atoms. The Morgan fingerprint density at radius 1 is 1.57 bits per heavy atom. The fraction of sp³-hybridized carbons (Fsp3) is 0.222. The fourth-order valence-corrected chi connectivity index (χ4v) is 1.50. The number of aromatic nitrogens is 3. The summed E-state index contributed by atoms with van der Waals surface area (Å²) in [7, 11) is 1.64. The van der Waals surface area contributed by atoms with Gasteiger partial charge in [0.05, 0.1) is 11.4 Å². The van der Waals surface area contributed by atoms with Gasteiger partial charge in [-0.1, -0.05) is 0 Å². The monoisotopic (exact) mass is 209 g/mol. The maximum atomic E-state index is 11.7. The van der Waals surface area contributed by atoms with Crippen molar-refractivity contribution < 1.29 is 0 Å². The summed E-state index contributed by atoms with van der Waals surface area (Å²) in [6, 6.07) is 3.49. The van der Waals surface area contributed by atoms with Crippen LogP contribution < -0.4 is 5.56 Å². The lowest BCUT2D eigenvalue weighted by Gasteiger charge is -2.04. The molecule has 2 aromatic rings. The maximum Gasteiger partial charge on any atom is 0.279 e. The Morgan fingerprint density at radius 2 is 2.36 bits per heavy atom. The molecule has 0 aliphatic heterocycles. The summed E-state index contributed by atoms with van der Waals surface area (Å²) < 4.78 is 1.42. The number of alkyl halides is 1. The Bertz CT molecular complexity index is 535. The van der Waals surface area contributed by atoms with Crippen molar-refractivity contribution in [2.24, 2.45) is 7.05 Å². The smallest absolute Gasteiger partial charge is 0.279 e. The third-order valence-corrected chi connectivity index (χ3v) is 2.29. The quantitative estimate of drug-likeness (QED) is 0.660. The van der Waals surface area contributed by atoms with Crippen LogP contribution in [0.2, 0.25) is 0 Å². The Kier molecular flexibility index (Phi) is 2.21. The first-order chi connectivity index (χ1) is 6.74. The first kappa shape index (κ1) is 9.15. The van der Waals surface area contributed by atoms with E-state index in [0.717, 1.165) is 0 Å². The van der Waals surface area contributed by atoms with Gasteiger partial charge in [-0.2, -0.15) is 0 Å². The summed E-state index contributed by atoms with van der Waals surface area (Å²) in [5.74, 6) is 0.772. The maximum absolute atomic E-state index is 11.7. The highest BCUT2D eigenvalue weighted by atomic mass is 35.5. The standard InChI is InChI=1S/C9H8ClN3O/c1-13-7(5-10)12-6-3-2-4-11-8(6)9(13)14/h2-4H,5H2,1H3. The molecule has 2 heterocycles. The summed E-state index contributed by atoms with van der Waals surface area (Å²) in [5.41, 5.74) is 0.807. The summed E-state index contributed by atoms with van der Waals surface area (Å²) in [6.07, 6.45) is 1.58. The van der Waals surface area contributed by atoms with Gasteiger partial charge in [0.2, 0.25) is 0 Å². The number of hydrogen-bond donors (Lipinski definition) is 0.